The molecule has 28 heavy (non-hydrogen) atoms. The number of rotatable bonds is 7. The van der Waals surface area contributed by atoms with Crippen molar-refractivity contribution in [3.05, 3.63) is 59.7 Å². The number of carbonyl (C=O) groups is 2. The number of hydrogen-bond donors (Lipinski definition) is 4. The summed E-state index contributed by atoms with van der Waals surface area (Å²) in [5.41, 5.74) is 3.80. The maximum absolute atomic E-state index is 12.0. The number of hydrogen-bond acceptors (Lipinski definition) is 3. The minimum absolute atomic E-state index is 0.0768. The Balaban J connectivity index is 1.74. The van der Waals surface area contributed by atoms with Gasteiger partial charge in [-0.3, -0.25) is 0 Å². The average Bonchev–Trinajstić information content (AvgIpc) is 2.65. The highest BCUT2D eigenvalue weighted by molar-refractivity contribution is 5.89. The molecule has 0 aliphatic carbocycles. The fourth-order valence-electron chi connectivity index (χ4n) is 2.47. The number of anilines is 2. The van der Waals surface area contributed by atoms with Crippen LogP contribution in [0.1, 0.15) is 25.0 Å². The fraction of sp³-hybridized carbons (Fsp3) is 0.333. The van der Waals surface area contributed by atoms with Gasteiger partial charge in [-0.2, -0.15) is 0 Å². The van der Waals surface area contributed by atoms with Gasteiger partial charge in [0.25, 0.3) is 0 Å². The first-order valence-electron chi connectivity index (χ1n) is 9.28. The third-order valence-electron chi connectivity index (χ3n) is 3.99. The van der Waals surface area contributed by atoms with Crippen LogP contribution in [-0.2, 0) is 13.1 Å². The summed E-state index contributed by atoms with van der Waals surface area (Å²) in [7, 11) is 3.98. The van der Waals surface area contributed by atoms with Gasteiger partial charge in [0.15, 0.2) is 0 Å². The van der Waals surface area contributed by atoms with Gasteiger partial charge in [0.1, 0.15) is 0 Å². The molecule has 0 radical (unpaired) electrons. The number of nitrogens with zero attached hydrogens (tertiary/aromatic N) is 1. The molecular weight excluding hydrogens is 354 g/mol. The van der Waals surface area contributed by atoms with Crippen molar-refractivity contribution in [3.63, 3.8) is 0 Å². The van der Waals surface area contributed by atoms with Gasteiger partial charge in [-0.25, -0.2) is 9.59 Å². The molecule has 0 aliphatic heterocycles. The average molecular weight is 383 g/mol. The molecule has 0 saturated heterocycles. The molecule has 0 aromatic heterocycles. The Morgan fingerprint density at radius 3 is 1.79 bits per heavy atom. The van der Waals surface area contributed by atoms with Crippen LogP contribution in [0.15, 0.2) is 48.5 Å². The quantitative estimate of drug-likeness (QED) is 0.592. The van der Waals surface area contributed by atoms with E-state index in [1.54, 1.807) is 12.1 Å². The summed E-state index contributed by atoms with van der Waals surface area (Å²) in [6.45, 7) is 4.67. The Morgan fingerprint density at radius 2 is 1.32 bits per heavy atom. The molecule has 2 aromatic rings. The van der Waals surface area contributed by atoms with E-state index in [-0.39, 0.29) is 18.1 Å². The van der Waals surface area contributed by atoms with Crippen molar-refractivity contribution in [2.24, 2.45) is 0 Å². The maximum Gasteiger partial charge on any atom is 0.319 e. The van der Waals surface area contributed by atoms with Crippen LogP contribution in [0.3, 0.4) is 0 Å². The zero-order valence-corrected chi connectivity index (χ0v) is 16.9. The summed E-state index contributed by atoms with van der Waals surface area (Å²) in [6, 6.07) is 15.0. The van der Waals surface area contributed by atoms with E-state index < -0.39 is 0 Å². The predicted molar refractivity (Wildman–Crippen MR) is 114 cm³/mol. The standard InChI is InChI=1S/C21H29N5O2/c1-15(2)24-21(28)25-18-9-5-16(6-10-18)13-22-20(27)23-14-17-7-11-19(12-8-17)26(3)4/h5-12,15H,13-14H2,1-4H3,(H2,22,23,27)(H2,24,25,28). The molecule has 150 valence electrons. The lowest BCUT2D eigenvalue weighted by Gasteiger charge is -2.13. The van der Waals surface area contributed by atoms with Gasteiger partial charge in [0.2, 0.25) is 0 Å². The first kappa shape index (κ1) is 21.1. The first-order chi connectivity index (χ1) is 13.3. The maximum atomic E-state index is 12.0. The Bertz CT molecular complexity index is 770. The van der Waals surface area contributed by atoms with Crippen LogP contribution in [-0.4, -0.2) is 32.2 Å². The van der Waals surface area contributed by atoms with Crippen molar-refractivity contribution in [3.8, 4) is 0 Å². The SMILES string of the molecule is CC(C)NC(=O)Nc1ccc(CNC(=O)NCc2ccc(N(C)C)cc2)cc1. The van der Waals surface area contributed by atoms with Crippen molar-refractivity contribution < 1.29 is 9.59 Å². The molecule has 0 atom stereocenters. The third kappa shape index (κ3) is 7.19. The second kappa shape index (κ2) is 10.2. The van der Waals surface area contributed by atoms with Gasteiger partial charge in [-0.15, -0.1) is 0 Å². The molecule has 7 heteroatoms. The van der Waals surface area contributed by atoms with Gasteiger partial charge < -0.3 is 26.2 Å². The van der Waals surface area contributed by atoms with E-state index in [1.807, 2.05) is 69.2 Å². The van der Waals surface area contributed by atoms with E-state index >= 15 is 0 Å². The molecule has 0 saturated carbocycles. The number of urea groups is 2. The van der Waals surface area contributed by atoms with E-state index in [0.717, 1.165) is 16.8 Å². The van der Waals surface area contributed by atoms with E-state index in [4.69, 9.17) is 0 Å². The van der Waals surface area contributed by atoms with Gasteiger partial charge in [0, 0.05) is 44.6 Å². The molecule has 0 heterocycles. The summed E-state index contributed by atoms with van der Waals surface area (Å²) >= 11 is 0. The van der Waals surface area contributed by atoms with Crippen molar-refractivity contribution in [2.75, 3.05) is 24.3 Å². The molecule has 0 aliphatic rings. The predicted octanol–water partition coefficient (Wildman–Crippen LogP) is 3.28. The topological polar surface area (TPSA) is 85.5 Å². The van der Waals surface area contributed by atoms with Crippen LogP contribution < -0.4 is 26.2 Å². The van der Waals surface area contributed by atoms with Crippen molar-refractivity contribution in [2.45, 2.75) is 33.0 Å². The molecule has 0 fully saturated rings. The monoisotopic (exact) mass is 383 g/mol. The van der Waals surface area contributed by atoms with Gasteiger partial charge in [-0.1, -0.05) is 24.3 Å². The van der Waals surface area contributed by atoms with Gasteiger partial charge in [0.05, 0.1) is 0 Å². The van der Waals surface area contributed by atoms with Crippen LogP contribution in [0.25, 0.3) is 0 Å². The largest absolute Gasteiger partial charge is 0.378 e. The lowest BCUT2D eigenvalue weighted by atomic mass is 10.2. The van der Waals surface area contributed by atoms with E-state index in [1.165, 1.54) is 0 Å². The third-order valence-corrected chi connectivity index (χ3v) is 3.99. The Hall–Kier alpha value is -3.22. The minimum atomic E-state index is -0.237. The van der Waals surface area contributed by atoms with Crippen LogP contribution >= 0.6 is 0 Å². The Kier molecular flexibility index (Phi) is 7.68. The summed E-state index contributed by atoms with van der Waals surface area (Å²) in [4.78, 5) is 25.7. The summed E-state index contributed by atoms with van der Waals surface area (Å²) in [5.74, 6) is 0. The number of benzene rings is 2. The van der Waals surface area contributed by atoms with Crippen molar-refractivity contribution in [1.29, 1.82) is 0 Å². The highest BCUT2D eigenvalue weighted by Gasteiger charge is 2.04. The Morgan fingerprint density at radius 1 is 0.821 bits per heavy atom. The molecule has 7 nitrogen and oxygen atoms in total. The number of nitrogens with one attached hydrogen (secondary N) is 4. The van der Waals surface area contributed by atoms with Crippen molar-refractivity contribution >= 4 is 23.4 Å². The molecule has 2 aromatic carbocycles. The zero-order chi connectivity index (χ0) is 20.5. The second-order valence-corrected chi connectivity index (χ2v) is 7.05. The van der Waals surface area contributed by atoms with Gasteiger partial charge in [-0.05, 0) is 49.2 Å². The smallest absolute Gasteiger partial charge is 0.319 e. The van der Waals surface area contributed by atoms with Gasteiger partial charge >= 0.3 is 12.1 Å². The highest BCUT2D eigenvalue weighted by atomic mass is 16.2. The Labute approximate surface area is 166 Å². The molecule has 0 unspecified atom stereocenters. The van der Waals surface area contributed by atoms with E-state index in [0.29, 0.717) is 18.8 Å². The summed E-state index contributed by atoms with van der Waals surface area (Å²) in [5, 5.41) is 11.2. The van der Waals surface area contributed by atoms with E-state index in [9.17, 15) is 9.59 Å². The number of carbonyl (C=O) groups excluding carboxylic acids is 2. The number of amides is 4. The van der Waals surface area contributed by atoms with Crippen LogP contribution in [0.2, 0.25) is 0 Å². The first-order valence-corrected chi connectivity index (χ1v) is 9.28. The molecular formula is C21H29N5O2. The van der Waals surface area contributed by atoms with Crippen molar-refractivity contribution in [1.82, 2.24) is 16.0 Å². The van der Waals surface area contributed by atoms with E-state index in [2.05, 4.69) is 21.3 Å². The highest BCUT2D eigenvalue weighted by Crippen LogP contribution is 2.12. The summed E-state index contributed by atoms with van der Waals surface area (Å²) in [6.07, 6.45) is 0. The fourth-order valence-corrected chi connectivity index (χ4v) is 2.47. The van der Waals surface area contributed by atoms with Crippen LogP contribution in [0.5, 0.6) is 0 Å². The lowest BCUT2D eigenvalue weighted by Crippen LogP contribution is -2.34. The van der Waals surface area contributed by atoms with Crippen LogP contribution in [0.4, 0.5) is 21.0 Å². The summed E-state index contributed by atoms with van der Waals surface area (Å²) < 4.78 is 0. The second-order valence-electron chi connectivity index (χ2n) is 7.05. The molecule has 0 bridgehead atoms. The molecule has 4 N–H and O–H groups in total. The zero-order valence-electron chi connectivity index (χ0n) is 16.9. The lowest BCUT2D eigenvalue weighted by molar-refractivity contribution is 0.240. The molecule has 4 amide bonds. The van der Waals surface area contributed by atoms with Crippen LogP contribution in [0, 0.1) is 0 Å². The normalized spacial score (nSPS) is 10.3. The molecule has 0 spiro atoms. The minimum Gasteiger partial charge on any atom is -0.378 e. The molecule has 2 rings (SSSR count).